The van der Waals surface area contributed by atoms with Crippen LogP contribution in [0.25, 0.3) is 0 Å². The quantitative estimate of drug-likeness (QED) is 0.854. The van der Waals surface area contributed by atoms with Gasteiger partial charge in [-0.2, -0.15) is 0 Å². The zero-order chi connectivity index (χ0) is 16.8. The standard InChI is InChI=1S/C18H18ClNO3/c1-12-6-7-15(8-13(12)2)18(22)20-10-17(21)23-11-14-4-3-5-16(19)9-14/h3-9H,10-11H2,1-2H3,(H,20,22). The van der Waals surface area contributed by atoms with E-state index in [-0.39, 0.29) is 19.1 Å². The Hall–Kier alpha value is -2.33. The summed E-state index contributed by atoms with van der Waals surface area (Å²) < 4.78 is 5.10. The minimum absolute atomic E-state index is 0.124. The molecule has 5 heteroatoms. The van der Waals surface area contributed by atoms with Gasteiger partial charge < -0.3 is 10.1 Å². The summed E-state index contributed by atoms with van der Waals surface area (Å²) in [4.78, 5) is 23.7. The molecule has 0 spiro atoms. The number of benzene rings is 2. The summed E-state index contributed by atoms with van der Waals surface area (Å²) in [5.74, 6) is -0.796. The molecule has 0 unspecified atom stereocenters. The van der Waals surface area contributed by atoms with Gasteiger partial charge in [-0.1, -0.05) is 29.8 Å². The Balaban J connectivity index is 1.81. The van der Waals surface area contributed by atoms with Crippen LogP contribution >= 0.6 is 11.6 Å². The molecule has 4 nitrogen and oxygen atoms in total. The Morgan fingerprint density at radius 1 is 1.09 bits per heavy atom. The van der Waals surface area contributed by atoms with Crippen molar-refractivity contribution in [3.05, 3.63) is 69.7 Å². The van der Waals surface area contributed by atoms with Gasteiger partial charge in [-0.25, -0.2) is 0 Å². The van der Waals surface area contributed by atoms with Gasteiger partial charge in [0.25, 0.3) is 5.91 Å². The predicted molar refractivity (Wildman–Crippen MR) is 89.5 cm³/mol. The number of rotatable bonds is 5. The average molecular weight is 332 g/mol. The Labute approximate surface area is 140 Å². The number of carbonyl (C=O) groups excluding carboxylic acids is 2. The second-order valence-electron chi connectivity index (χ2n) is 5.27. The minimum Gasteiger partial charge on any atom is -0.460 e. The fraction of sp³-hybridized carbons (Fsp3) is 0.222. The van der Waals surface area contributed by atoms with Crippen molar-refractivity contribution in [2.75, 3.05) is 6.54 Å². The molecular formula is C18H18ClNO3. The molecule has 120 valence electrons. The maximum atomic E-state index is 12.0. The fourth-order valence-corrected chi connectivity index (χ4v) is 2.19. The second kappa shape index (κ2) is 7.79. The molecule has 2 aromatic rings. The normalized spacial score (nSPS) is 10.2. The highest BCUT2D eigenvalue weighted by molar-refractivity contribution is 6.30. The highest BCUT2D eigenvalue weighted by atomic mass is 35.5. The van der Waals surface area contributed by atoms with Gasteiger partial charge >= 0.3 is 5.97 Å². The van der Waals surface area contributed by atoms with Gasteiger partial charge in [0.2, 0.25) is 0 Å². The molecule has 0 aliphatic carbocycles. The van der Waals surface area contributed by atoms with Crippen molar-refractivity contribution in [3.63, 3.8) is 0 Å². The monoisotopic (exact) mass is 331 g/mol. The summed E-state index contributed by atoms with van der Waals surface area (Å²) in [5, 5.41) is 3.14. The number of esters is 1. The first kappa shape index (κ1) is 17.0. The molecule has 0 heterocycles. The van der Waals surface area contributed by atoms with Crippen molar-refractivity contribution < 1.29 is 14.3 Å². The van der Waals surface area contributed by atoms with Crippen LogP contribution in [0, 0.1) is 13.8 Å². The number of halogens is 1. The van der Waals surface area contributed by atoms with E-state index in [2.05, 4.69) is 5.32 Å². The van der Waals surface area contributed by atoms with Gasteiger partial charge in [0.15, 0.2) is 0 Å². The van der Waals surface area contributed by atoms with E-state index in [1.54, 1.807) is 30.3 Å². The summed E-state index contributed by atoms with van der Waals surface area (Å²) in [6.07, 6.45) is 0. The molecule has 0 radical (unpaired) electrons. The van der Waals surface area contributed by atoms with Crippen LogP contribution in [-0.2, 0) is 16.1 Å². The van der Waals surface area contributed by atoms with Crippen LogP contribution in [0.1, 0.15) is 27.0 Å². The average Bonchev–Trinajstić information content (AvgIpc) is 2.53. The first-order valence-electron chi connectivity index (χ1n) is 7.21. The second-order valence-corrected chi connectivity index (χ2v) is 5.71. The number of nitrogens with one attached hydrogen (secondary N) is 1. The number of ether oxygens (including phenoxy) is 1. The zero-order valence-corrected chi connectivity index (χ0v) is 13.8. The van der Waals surface area contributed by atoms with E-state index in [4.69, 9.17) is 16.3 Å². The van der Waals surface area contributed by atoms with Crippen molar-refractivity contribution in [2.24, 2.45) is 0 Å². The predicted octanol–water partition coefficient (Wildman–Crippen LogP) is 3.43. The maximum Gasteiger partial charge on any atom is 0.325 e. The lowest BCUT2D eigenvalue weighted by molar-refractivity contribution is -0.143. The van der Waals surface area contributed by atoms with Crippen LogP contribution in [0.2, 0.25) is 5.02 Å². The molecule has 23 heavy (non-hydrogen) atoms. The molecule has 2 aromatic carbocycles. The largest absolute Gasteiger partial charge is 0.460 e. The van der Waals surface area contributed by atoms with Crippen LogP contribution in [0.5, 0.6) is 0 Å². The Bertz CT molecular complexity index is 728. The molecule has 0 fully saturated rings. The van der Waals surface area contributed by atoms with Gasteiger partial charge in [-0.15, -0.1) is 0 Å². The van der Waals surface area contributed by atoms with Gasteiger partial charge in [0.1, 0.15) is 13.2 Å². The molecule has 1 amide bonds. The number of amides is 1. The van der Waals surface area contributed by atoms with Gasteiger partial charge in [0.05, 0.1) is 0 Å². The Morgan fingerprint density at radius 3 is 2.57 bits per heavy atom. The number of hydrogen-bond donors (Lipinski definition) is 1. The van der Waals surface area contributed by atoms with Gasteiger partial charge in [-0.3, -0.25) is 9.59 Å². The van der Waals surface area contributed by atoms with Crippen molar-refractivity contribution in [1.82, 2.24) is 5.32 Å². The first-order chi connectivity index (χ1) is 11.0. The van der Waals surface area contributed by atoms with Gasteiger partial charge in [0, 0.05) is 10.6 Å². The Morgan fingerprint density at radius 2 is 1.87 bits per heavy atom. The van der Waals surface area contributed by atoms with E-state index < -0.39 is 5.97 Å². The molecule has 2 rings (SSSR count). The molecule has 1 N–H and O–H groups in total. The van der Waals surface area contributed by atoms with E-state index >= 15 is 0 Å². The molecule has 0 atom stereocenters. The summed E-state index contributed by atoms with van der Waals surface area (Å²) in [6, 6.07) is 12.5. The fourth-order valence-electron chi connectivity index (χ4n) is 1.98. The molecule has 0 aliphatic rings. The van der Waals surface area contributed by atoms with E-state index in [0.29, 0.717) is 10.6 Å². The molecule has 0 saturated carbocycles. The minimum atomic E-state index is -0.498. The summed E-state index contributed by atoms with van der Waals surface area (Å²) in [7, 11) is 0. The van der Waals surface area contributed by atoms with Crippen LogP contribution in [0.4, 0.5) is 0 Å². The first-order valence-corrected chi connectivity index (χ1v) is 7.59. The lowest BCUT2D eigenvalue weighted by Gasteiger charge is -2.08. The maximum absolute atomic E-state index is 12.0. The van der Waals surface area contributed by atoms with Crippen molar-refractivity contribution in [3.8, 4) is 0 Å². The summed E-state index contributed by atoms with van der Waals surface area (Å²) in [5.41, 5.74) is 3.46. The molecular weight excluding hydrogens is 314 g/mol. The number of aryl methyl sites for hydroxylation is 2. The van der Waals surface area contributed by atoms with Crippen LogP contribution in [-0.4, -0.2) is 18.4 Å². The third-order valence-electron chi connectivity index (χ3n) is 3.45. The number of hydrogen-bond acceptors (Lipinski definition) is 3. The highest BCUT2D eigenvalue weighted by Gasteiger charge is 2.10. The van der Waals surface area contributed by atoms with E-state index in [1.165, 1.54) is 0 Å². The van der Waals surface area contributed by atoms with E-state index in [0.717, 1.165) is 16.7 Å². The summed E-state index contributed by atoms with van der Waals surface area (Å²) in [6.45, 7) is 3.86. The molecule has 0 saturated heterocycles. The SMILES string of the molecule is Cc1ccc(C(=O)NCC(=O)OCc2cccc(Cl)c2)cc1C. The highest BCUT2D eigenvalue weighted by Crippen LogP contribution is 2.11. The third-order valence-corrected chi connectivity index (χ3v) is 3.69. The topological polar surface area (TPSA) is 55.4 Å². The third kappa shape index (κ3) is 5.11. The lowest BCUT2D eigenvalue weighted by Crippen LogP contribution is -2.30. The van der Waals surface area contributed by atoms with Crippen molar-refractivity contribution >= 4 is 23.5 Å². The Kier molecular flexibility index (Phi) is 5.77. The van der Waals surface area contributed by atoms with Crippen LogP contribution in [0.15, 0.2) is 42.5 Å². The number of carbonyl (C=O) groups is 2. The zero-order valence-electron chi connectivity index (χ0n) is 13.1. The molecule has 0 aromatic heterocycles. The molecule has 0 aliphatic heterocycles. The lowest BCUT2D eigenvalue weighted by atomic mass is 10.1. The van der Waals surface area contributed by atoms with Crippen LogP contribution < -0.4 is 5.32 Å². The van der Waals surface area contributed by atoms with Crippen LogP contribution in [0.3, 0.4) is 0 Å². The van der Waals surface area contributed by atoms with Gasteiger partial charge in [-0.05, 0) is 54.8 Å². The smallest absolute Gasteiger partial charge is 0.325 e. The van der Waals surface area contributed by atoms with E-state index in [1.807, 2.05) is 26.0 Å². The van der Waals surface area contributed by atoms with Crippen molar-refractivity contribution in [1.29, 1.82) is 0 Å². The van der Waals surface area contributed by atoms with Crippen molar-refractivity contribution in [2.45, 2.75) is 20.5 Å². The van der Waals surface area contributed by atoms with E-state index in [9.17, 15) is 9.59 Å². The molecule has 0 bridgehead atoms. The summed E-state index contributed by atoms with van der Waals surface area (Å²) >= 11 is 5.86.